The molecule has 2 aromatic heterocycles. The van der Waals surface area contributed by atoms with Gasteiger partial charge in [0.15, 0.2) is 0 Å². The van der Waals surface area contributed by atoms with Crippen molar-refractivity contribution in [2.24, 2.45) is 5.92 Å². The number of hydrogen-bond acceptors (Lipinski definition) is 7. The van der Waals surface area contributed by atoms with Gasteiger partial charge in [-0.3, -0.25) is 9.69 Å². The molecule has 4 aromatic rings. The number of aliphatic hydroxyl groups excluding tert-OH is 1. The fourth-order valence-electron chi connectivity index (χ4n) is 5.12. The molecule has 2 aliphatic rings. The number of piperazine rings is 1. The summed E-state index contributed by atoms with van der Waals surface area (Å²) in [6.07, 6.45) is 2.15. The number of benzene rings is 2. The van der Waals surface area contributed by atoms with Crippen LogP contribution in [0.25, 0.3) is 20.7 Å². The van der Waals surface area contributed by atoms with E-state index >= 15 is 0 Å². The molecule has 1 unspecified atom stereocenters. The third-order valence-corrected chi connectivity index (χ3v) is 8.61. The van der Waals surface area contributed by atoms with E-state index in [4.69, 9.17) is 0 Å². The van der Waals surface area contributed by atoms with E-state index in [1.165, 1.54) is 5.56 Å². The molecule has 0 bridgehead atoms. The van der Waals surface area contributed by atoms with Crippen LogP contribution in [-0.4, -0.2) is 63.6 Å². The van der Waals surface area contributed by atoms with E-state index in [1.807, 2.05) is 37.3 Å². The Bertz CT molecular complexity index is 1410. The summed E-state index contributed by atoms with van der Waals surface area (Å²) in [5.41, 5.74) is 4.36. The Hall–Kier alpha value is -3.33. The lowest BCUT2D eigenvalue weighted by molar-refractivity contribution is -0.134. The monoisotopic (exact) mass is 527 g/mol. The summed E-state index contributed by atoms with van der Waals surface area (Å²) in [5, 5.41) is 13.5. The summed E-state index contributed by atoms with van der Waals surface area (Å²) in [4.78, 5) is 27.3. The molecule has 2 aromatic carbocycles. The first-order chi connectivity index (χ1) is 18.6. The van der Waals surface area contributed by atoms with Crippen LogP contribution >= 0.6 is 11.3 Å². The molecule has 7 nitrogen and oxygen atoms in total. The SMILES string of the molecule is Cc1nc(NC(CO)c2ccccc2)c2sc(-c3ccc(CN4CCN(C(=O)C5CC5)CC4)cc3)cc2n1. The molecule has 38 heavy (non-hydrogen) atoms. The Balaban J connectivity index is 1.15. The number of carbonyl (C=O) groups is 1. The molecule has 1 amide bonds. The second kappa shape index (κ2) is 10.8. The fraction of sp³-hybridized carbons (Fsp3) is 0.367. The standard InChI is InChI=1S/C30H33N5O2S/c1-20-31-25-17-27(38-28(25)29(32-20)33-26(19-36)22-5-3-2-4-6-22)23-9-7-21(8-10-23)18-34-13-15-35(16-14-34)30(37)24-11-12-24/h2-10,17,24,26,36H,11-16,18-19H2,1H3,(H,31,32,33). The lowest BCUT2D eigenvalue weighted by Crippen LogP contribution is -2.48. The number of thiophene rings is 1. The third kappa shape index (κ3) is 5.43. The minimum atomic E-state index is -0.243. The molecule has 0 radical (unpaired) electrons. The Kier molecular flexibility index (Phi) is 7.10. The van der Waals surface area contributed by atoms with Crippen LogP contribution in [0.1, 0.15) is 35.8 Å². The molecular weight excluding hydrogens is 494 g/mol. The van der Waals surface area contributed by atoms with E-state index in [-0.39, 0.29) is 12.6 Å². The van der Waals surface area contributed by atoms with Gasteiger partial charge in [0, 0.05) is 43.5 Å². The zero-order valence-electron chi connectivity index (χ0n) is 21.6. The van der Waals surface area contributed by atoms with Crippen LogP contribution in [0.15, 0.2) is 60.7 Å². The van der Waals surface area contributed by atoms with Crippen molar-refractivity contribution in [1.82, 2.24) is 19.8 Å². The van der Waals surface area contributed by atoms with Crippen molar-refractivity contribution >= 4 is 33.3 Å². The lowest BCUT2D eigenvalue weighted by atomic mass is 10.1. The first-order valence-electron chi connectivity index (χ1n) is 13.4. The quantitative estimate of drug-likeness (QED) is 0.340. The summed E-state index contributed by atoms with van der Waals surface area (Å²) >= 11 is 1.67. The predicted octanol–water partition coefficient (Wildman–Crippen LogP) is 4.87. The van der Waals surface area contributed by atoms with Crippen molar-refractivity contribution in [2.45, 2.75) is 32.4 Å². The van der Waals surface area contributed by atoms with Gasteiger partial charge in [-0.25, -0.2) is 9.97 Å². The number of aryl methyl sites for hydroxylation is 1. The zero-order chi connectivity index (χ0) is 26.1. The van der Waals surface area contributed by atoms with E-state index in [9.17, 15) is 9.90 Å². The number of rotatable bonds is 8. The Morgan fingerprint density at radius 2 is 1.79 bits per heavy atom. The molecule has 3 heterocycles. The number of hydrogen-bond donors (Lipinski definition) is 2. The molecule has 1 saturated carbocycles. The maximum Gasteiger partial charge on any atom is 0.225 e. The van der Waals surface area contributed by atoms with E-state index in [0.717, 1.165) is 77.6 Å². The normalized spacial score (nSPS) is 17.1. The van der Waals surface area contributed by atoms with Gasteiger partial charge in [-0.2, -0.15) is 0 Å². The molecule has 1 aliphatic carbocycles. The highest BCUT2D eigenvalue weighted by atomic mass is 32.1. The first kappa shape index (κ1) is 25.0. The minimum absolute atomic E-state index is 0.0277. The van der Waals surface area contributed by atoms with Crippen molar-refractivity contribution in [3.8, 4) is 10.4 Å². The number of aromatic nitrogens is 2. The lowest BCUT2D eigenvalue weighted by Gasteiger charge is -2.35. The van der Waals surface area contributed by atoms with Crippen molar-refractivity contribution in [1.29, 1.82) is 0 Å². The average molecular weight is 528 g/mol. The van der Waals surface area contributed by atoms with Crippen molar-refractivity contribution < 1.29 is 9.90 Å². The van der Waals surface area contributed by atoms with Gasteiger partial charge in [-0.1, -0.05) is 54.6 Å². The van der Waals surface area contributed by atoms with Crippen LogP contribution < -0.4 is 5.32 Å². The van der Waals surface area contributed by atoms with Crippen molar-refractivity contribution in [3.05, 3.63) is 77.6 Å². The summed E-state index contributed by atoms with van der Waals surface area (Å²) in [6, 6.07) is 20.6. The van der Waals surface area contributed by atoms with E-state index in [2.05, 4.69) is 55.4 Å². The van der Waals surface area contributed by atoms with E-state index in [0.29, 0.717) is 17.6 Å². The van der Waals surface area contributed by atoms with Gasteiger partial charge in [0.2, 0.25) is 5.91 Å². The molecule has 2 N–H and O–H groups in total. The minimum Gasteiger partial charge on any atom is -0.394 e. The van der Waals surface area contributed by atoms with Crippen LogP contribution in [0.2, 0.25) is 0 Å². The van der Waals surface area contributed by atoms with Gasteiger partial charge in [0.1, 0.15) is 11.6 Å². The maximum atomic E-state index is 12.3. The number of anilines is 1. The highest BCUT2D eigenvalue weighted by Crippen LogP contribution is 2.37. The van der Waals surface area contributed by atoms with Gasteiger partial charge < -0.3 is 15.3 Å². The number of aliphatic hydroxyl groups is 1. The van der Waals surface area contributed by atoms with E-state index in [1.54, 1.807) is 11.3 Å². The molecule has 6 rings (SSSR count). The maximum absolute atomic E-state index is 12.3. The summed E-state index contributed by atoms with van der Waals surface area (Å²) in [5.74, 6) is 2.12. The predicted molar refractivity (Wildman–Crippen MR) is 152 cm³/mol. The van der Waals surface area contributed by atoms with Crippen molar-refractivity contribution in [2.75, 3.05) is 38.1 Å². The number of nitrogens with zero attached hydrogens (tertiary/aromatic N) is 4. The van der Waals surface area contributed by atoms with Gasteiger partial charge in [-0.15, -0.1) is 11.3 Å². The number of fused-ring (bicyclic) bond motifs is 1. The van der Waals surface area contributed by atoms with Gasteiger partial charge in [0.05, 0.1) is 22.9 Å². The molecule has 196 valence electrons. The van der Waals surface area contributed by atoms with Crippen LogP contribution in [0.3, 0.4) is 0 Å². The third-order valence-electron chi connectivity index (χ3n) is 7.43. The second-order valence-electron chi connectivity index (χ2n) is 10.3. The van der Waals surface area contributed by atoms with Crippen LogP contribution in [0.5, 0.6) is 0 Å². The molecular formula is C30H33N5O2S. The number of amides is 1. The Morgan fingerprint density at radius 1 is 1.05 bits per heavy atom. The topological polar surface area (TPSA) is 81.6 Å². The largest absolute Gasteiger partial charge is 0.394 e. The molecule has 8 heteroatoms. The molecule has 1 aliphatic heterocycles. The highest BCUT2D eigenvalue weighted by molar-refractivity contribution is 7.22. The highest BCUT2D eigenvalue weighted by Gasteiger charge is 2.34. The molecule has 2 fully saturated rings. The Morgan fingerprint density at radius 3 is 2.47 bits per heavy atom. The van der Waals surface area contributed by atoms with Gasteiger partial charge >= 0.3 is 0 Å². The van der Waals surface area contributed by atoms with Gasteiger partial charge in [-0.05, 0) is 42.5 Å². The Labute approximate surface area is 227 Å². The molecule has 1 saturated heterocycles. The van der Waals surface area contributed by atoms with Crippen molar-refractivity contribution in [3.63, 3.8) is 0 Å². The molecule has 0 spiro atoms. The number of carbonyl (C=O) groups excluding carboxylic acids is 1. The average Bonchev–Trinajstić information content (AvgIpc) is 3.71. The summed E-state index contributed by atoms with van der Waals surface area (Å²) in [6.45, 7) is 6.32. The zero-order valence-corrected chi connectivity index (χ0v) is 22.5. The molecule has 1 atom stereocenters. The van der Waals surface area contributed by atoms with E-state index < -0.39 is 0 Å². The summed E-state index contributed by atoms with van der Waals surface area (Å²) in [7, 11) is 0. The van der Waals surface area contributed by atoms with Gasteiger partial charge in [0.25, 0.3) is 0 Å². The first-order valence-corrected chi connectivity index (χ1v) is 14.2. The van der Waals surface area contributed by atoms with Crippen LogP contribution in [0.4, 0.5) is 5.82 Å². The van der Waals surface area contributed by atoms with Crippen LogP contribution in [0, 0.1) is 12.8 Å². The second-order valence-corrected chi connectivity index (χ2v) is 11.4. The summed E-state index contributed by atoms with van der Waals surface area (Å²) < 4.78 is 0.989. The fourth-order valence-corrected chi connectivity index (χ4v) is 6.17. The number of nitrogens with one attached hydrogen (secondary N) is 1. The smallest absolute Gasteiger partial charge is 0.225 e. The van der Waals surface area contributed by atoms with Crippen LogP contribution in [-0.2, 0) is 11.3 Å².